The Bertz CT molecular complexity index is 301. The second-order valence-corrected chi connectivity index (χ2v) is 2.61. The average Bonchev–Trinajstić information content (AvgIpc) is 1.85. The minimum atomic E-state index is -4.92. The van der Waals surface area contributed by atoms with E-state index in [0.29, 0.717) is 0 Å². The van der Waals surface area contributed by atoms with Crippen molar-refractivity contribution in [2.45, 2.75) is 0 Å². The van der Waals surface area contributed by atoms with Crippen LogP contribution in [-0.4, -0.2) is 17.5 Å². The highest BCUT2D eigenvalue weighted by Crippen LogP contribution is 1.70. The minimum absolute atomic E-state index is 1.50. The molecule has 68 valence electrons. The lowest BCUT2D eigenvalue weighted by atomic mass is 10.5. The van der Waals surface area contributed by atoms with Crippen molar-refractivity contribution >= 4 is 10.4 Å². The van der Waals surface area contributed by atoms with E-state index in [0.717, 1.165) is 0 Å². The molecule has 7 heteroatoms. The molecule has 0 saturated heterocycles. The normalized spacial score (nSPS) is 9.83. The molecule has 3 N–H and O–H groups in total. The first kappa shape index (κ1) is 10.8. The first-order chi connectivity index (χ1) is 5.39. The third-order valence-electron chi connectivity index (χ3n) is 0.739. The summed E-state index contributed by atoms with van der Waals surface area (Å²) in [7, 11) is -4.92. The number of hydrogen-bond acceptors (Lipinski definition) is 4. The van der Waals surface area contributed by atoms with Gasteiger partial charge in [-0.3, -0.25) is 4.55 Å². The Balaban J connectivity index is 0.000000217. The molecule has 1 aromatic rings. The van der Waals surface area contributed by atoms with Crippen molar-refractivity contribution < 1.29 is 22.2 Å². The summed E-state index contributed by atoms with van der Waals surface area (Å²) in [5, 5.41) is 0. The molecule has 1 rings (SSSR count). The van der Waals surface area contributed by atoms with Crippen molar-refractivity contribution in [1.82, 2.24) is 0 Å². The van der Waals surface area contributed by atoms with Gasteiger partial charge >= 0.3 is 0 Å². The van der Waals surface area contributed by atoms with Gasteiger partial charge in [0.2, 0.25) is 10.4 Å². The van der Waals surface area contributed by atoms with Crippen LogP contribution in [-0.2, 0) is 10.4 Å². The van der Waals surface area contributed by atoms with Gasteiger partial charge in [0.15, 0.2) is 12.4 Å². The van der Waals surface area contributed by atoms with Gasteiger partial charge in [0.25, 0.3) is 0 Å². The highest BCUT2D eigenvalue weighted by atomic mass is 32.3. The molecule has 0 bridgehead atoms. The number of rotatable bonds is 0. The lowest BCUT2D eigenvalue weighted by molar-refractivity contribution is -0.638. The number of pyridine rings is 1. The Morgan fingerprint density at radius 3 is 1.75 bits per heavy atom. The highest BCUT2D eigenvalue weighted by molar-refractivity contribution is 7.79. The van der Waals surface area contributed by atoms with E-state index >= 15 is 0 Å². The predicted octanol–water partition coefficient (Wildman–Crippen LogP) is -1.31. The molecule has 6 nitrogen and oxygen atoms in total. The summed E-state index contributed by atoms with van der Waals surface area (Å²) >= 11 is 0. The van der Waals surface area contributed by atoms with Gasteiger partial charge in [-0.05, 0) is 0 Å². The number of nitrogens with two attached hydrogens (primary N) is 1. The first-order valence-corrected chi connectivity index (χ1v) is 4.16. The molecular weight excluding hydrogens is 184 g/mol. The largest absolute Gasteiger partial charge is 0.726 e. The van der Waals surface area contributed by atoms with Crippen molar-refractivity contribution in [3.05, 3.63) is 30.6 Å². The number of aromatic nitrogens is 1. The van der Waals surface area contributed by atoms with Crippen LogP contribution >= 0.6 is 0 Å². The Labute approximate surface area is 69.8 Å². The smallest absolute Gasteiger partial charge is 0.215 e. The summed E-state index contributed by atoms with van der Waals surface area (Å²) in [4.78, 5) is 0. The molecule has 1 heterocycles. The fraction of sp³-hybridized carbons (Fsp3) is 0. The SMILES string of the molecule is N[n+]1ccccc1.O=S(=O)([O-])O. The van der Waals surface area contributed by atoms with Gasteiger partial charge in [-0.2, -0.15) is 0 Å². The maximum absolute atomic E-state index is 8.63. The number of nitrogens with zero attached hydrogens (tertiary/aromatic N) is 1. The lowest BCUT2D eigenvalue weighted by Crippen LogP contribution is -2.42. The van der Waals surface area contributed by atoms with Gasteiger partial charge in [-0.25, -0.2) is 14.3 Å². The Hall–Kier alpha value is -1.18. The van der Waals surface area contributed by atoms with Gasteiger partial charge in [0.05, 0.1) is 0 Å². The average molecular weight is 192 g/mol. The van der Waals surface area contributed by atoms with Crippen LogP contribution in [0.4, 0.5) is 0 Å². The zero-order valence-electron chi connectivity index (χ0n) is 5.99. The topological polar surface area (TPSA) is 107 Å². The van der Waals surface area contributed by atoms with Gasteiger partial charge < -0.3 is 4.55 Å². The molecule has 0 radical (unpaired) electrons. The van der Waals surface area contributed by atoms with E-state index < -0.39 is 10.4 Å². The summed E-state index contributed by atoms with van der Waals surface area (Å²) in [6.45, 7) is 0. The molecular formula is C5H8N2O4S. The van der Waals surface area contributed by atoms with Crippen LogP contribution in [0.2, 0.25) is 0 Å². The van der Waals surface area contributed by atoms with E-state index in [1.165, 1.54) is 4.68 Å². The van der Waals surface area contributed by atoms with Crippen molar-refractivity contribution in [3.8, 4) is 0 Å². The second-order valence-electron chi connectivity index (χ2n) is 1.75. The van der Waals surface area contributed by atoms with Crippen LogP contribution in [0, 0.1) is 0 Å². The summed E-state index contributed by atoms with van der Waals surface area (Å²) in [5.41, 5.74) is 0. The molecule has 0 fully saturated rings. The number of nitrogen functional groups attached to an aromatic ring is 1. The quantitative estimate of drug-likeness (QED) is 0.230. The molecule has 0 aliphatic rings. The molecule has 0 spiro atoms. The molecule has 1 aromatic heterocycles. The zero-order chi connectivity index (χ0) is 9.61. The fourth-order valence-electron chi connectivity index (χ4n) is 0.412. The highest BCUT2D eigenvalue weighted by Gasteiger charge is 1.79. The molecule has 12 heavy (non-hydrogen) atoms. The van der Waals surface area contributed by atoms with Crippen molar-refractivity contribution in [1.29, 1.82) is 0 Å². The van der Waals surface area contributed by atoms with E-state index in [2.05, 4.69) is 0 Å². The third kappa shape index (κ3) is 11.6. The van der Waals surface area contributed by atoms with Crippen molar-refractivity contribution in [2.24, 2.45) is 0 Å². The van der Waals surface area contributed by atoms with Crippen molar-refractivity contribution in [2.75, 3.05) is 5.84 Å². The molecule has 0 unspecified atom stereocenters. The van der Waals surface area contributed by atoms with Gasteiger partial charge in [0, 0.05) is 12.1 Å². The zero-order valence-corrected chi connectivity index (χ0v) is 6.81. The summed E-state index contributed by atoms with van der Waals surface area (Å²) in [6, 6.07) is 5.67. The van der Waals surface area contributed by atoms with E-state index in [-0.39, 0.29) is 0 Å². The summed E-state index contributed by atoms with van der Waals surface area (Å²) in [6.07, 6.45) is 3.56. The first-order valence-electron chi connectivity index (χ1n) is 2.79. The standard InChI is InChI=1S/C5H7N2.H2O4S/c6-7-4-2-1-3-5-7;1-5(2,3)4/h1-5H,6H2;(H2,1,2,3,4)/q+1;/p-1. The lowest BCUT2D eigenvalue weighted by Gasteiger charge is -1.88. The van der Waals surface area contributed by atoms with Crippen molar-refractivity contribution in [3.63, 3.8) is 0 Å². The molecule has 0 aromatic carbocycles. The van der Waals surface area contributed by atoms with Gasteiger partial charge in [-0.15, -0.1) is 0 Å². The second kappa shape index (κ2) is 4.65. The fourth-order valence-corrected chi connectivity index (χ4v) is 0.412. The Kier molecular flexibility index (Phi) is 4.19. The summed E-state index contributed by atoms with van der Waals surface area (Å²) in [5.74, 6) is 5.27. The monoisotopic (exact) mass is 192 g/mol. The van der Waals surface area contributed by atoms with E-state index in [1.807, 2.05) is 18.2 Å². The van der Waals surface area contributed by atoms with Crippen LogP contribution in [0.5, 0.6) is 0 Å². The van der Waals surface area contributed by atoms with Crippen LogP contribution in [0.1, 0.15) is 0 Å². The van der Waals surface area contributed by atoms with E-state index in [4.69, 9.17) is 23.4 Å². The van der Waals surface area contributed by atoms with E-state index in [1.54, 1.807) is 12.4 Å². The maximum atomic E-state index is 8.63. The van der Waals surface area contributed by atoms with E-state index in [9.17, 15) is 0 Å². The van der Waals surface area contributed by atoms with Crippen LogP contribution in [0.3, 0.4) is 0 Å². The van der Waals surface area contributed by atoms with Gasteiger partial charge in [0.1, 0.15) is 0 Å². The molecule has 0 amide bonds. The summed E-state index contributed by atoms with van der Waals surface area (Å²) < 4.78 is 34.3. The molecule has 0 aliphatic carbocycles. The molecule has 0 atom stereocenters. The van der Waals surface area contributed by atoms with Crippen LogP contribution in [0.25, 0.3) is 0 Å². The Morgan fingerprint density at radius 1 is 1.25 bits per heavy atom. The number of hydrogen-bond donors (Lipinski definition) is 2. The van der Waals surface area contributed by atoms with Gasteiger partial charge in [-0.1, -0.05) is 10.7 Å². The molecule has 0 saturated carbocycles. The minimum Gasteiger partial charge on any atom is -0.726 e. The third-order valence-corrected chi connectivity index (χ3v) is 0.739. The van der Waals surface area contributed by atoms with Crippen LogP contribution in [0.15, 0.2) is 30.6 Å². The molecule has 0 aliphatic heterocycles. The van der Waals surface area contributed by atoms with Crippen LogP contribution < -0.4 is 10.5 Å². The predicted molar refractivity (Wildman–Crippen MR) is 39.1 cm³/mol. The Morgan fingerprint density at radius 2 is 1.58 bits per heavy atom. The maximum Gasteiger partial charge on any atom is 0.215 e.